The number of hydrogen-bond acceptors (Lipinski definition) is 4. The fraction of sp³-hybridized carbons (Fsp3) is 0.533. The first-order valence-electron chi connectivity index (χ1n) is 7.07. The molecule has 0 spiro atoms. The lowest BCUT2D eigenvalue weighted by molar-refractivity contribution is -0.0172. The topological polar surface area (TPSA) is 85.6 Å². The van der Waals surface area contributed by atoms with Gasteiger partial charge in [-0.05, 0) is 24.6 Å². The van der Waals surface area contributed by atoms with E-state index in [-0.39, 0.29) is 11.6 Å². The number of primary amides is 1. The molecule has 1 aliphatic heterocycles. The summed E-state index contributed by atoms with van der Waals surface area (Å²) in [4.78, 5) is 10.8. The van der Waals surface area contributed by atoms with Crippen LogP contribution in [0.1, 0.15) is 24.9 Å². The maximum Gasteiger partial charge on any atom is 0.316 e. The van der Waals surface area contributed by atoms with Gasteiger partial charge in [-0.1, -0.05) is 12.1 Å². The van der Waals surface area contributed by atoms with E-state index >= 15 is 0 Å². The highest BCUT2D eigenvalue weighted by atomic mass is 16.5. The van der Waals surface area contributed by atoms with Gasteiger partial charge in [-0.2, -0.15) is 0 Å². The number of rotatable bonds is 6. The highest BCUT2D eigenvalue weighted by molar-refractivity contribution is 5.87. The quantitative estimate of drug-likeness (QED) is 0.744. The molecule has 2 unspecified atom stereocenters. The maximum atomic E-state index is 10.8. The number of benzene rings is 1. The first-order chi connectivity index (χ1) is 10.0. The van der Waals surface area contributed by atoms with Crippen molar-refractivity contribution in [3.05, 3.63) is 29.8 Å². The summed E-state index contributed by atoms with van der Waals surface area (Å²) in [6.07, 6.45) is 0.907. The number of nitrogens with two attached hydrogens (primary N) is 1. The number of carbonyl (C=O) groups is 1. The Morgan fingerprint density at radius 3 is 2.71 bits per heavy atom. The van der Waals surface area contributed by atoms with Gasteiger partial charge in [0, 0.05) is 38.4 Å². The fourth-order valence-corrected chi connectivity index (χ4v) is 2.42. The van der Waals surface area contributed by atoms with E-state index in [9.17, 15) is 4.79 Å². The summed E-state index contributed by atoms with van der Waals surface area (Å²) in [6, 6.07) is 7.23. The van der Waals surface area contributed by atoms with Crippen LogP contribution in [0.3, 0.4) is 0 Å². The largest absolute Gasteiger partial charge is 0.378 e. The summed E-state index contributed by atoms with van der Waals surface area (Å²) >= 11 is 0. The molecular formula is C15H23N3O3. The SMILES string of the molecule is COC1(CNC(C)c2ccc(NC(N)=O)cc2)CCOC1. The number of anilines is 1. The number of nitrogens with one attached hydrogen (secondary N) is 2. The zero-order valence-electron chi connectivity index (χ0n) is 12.5. The molecule has 116 valence electrons. The minimum absolute atomic E-state index is 0.181. The summed E-state index contributed by atoms with van der Waals surface area (Å²) in [5, 5.41) is 6.02. The van der Waals surface area contributed by atoms with Gasteiger partial charge in [0.2, 0.25) is 0 Å². The van der Waals surface area contributed by atoms with Crippen molar-refractivity contribution in [2.24, 2.45) is 5.73 Å². The third kappa shape index (κ3) is 4.17. The lowest BCUT2D eigenvalue weighted by Crippen LogP contribution is -2.43. The Balaban J connectivity index is 1.90. The van der Waals surface area contributed by atoms with E-state index in [2.05, 4.69) is 17.6 Å². The highest BCUT2D eigenvalue weighted by Gasteiger charge is 2.34. The van der Waals surface area contributed by atoms with Crippen molar-refractivity contribution in [2.45, 2.75) is 25.0 Å². The molecule has 4 N–H and O–H groups in total. The summed E-state index contributed by atoms with van der Waals surface area (Å²) in [5.41, 5.74) is 6.69. The van der Waals surface area contributed by atoms with Crippen molar-refractivity contribution in [3.63, 3.8) is 0 Å². The van der Waals surface area contributed by atoms with Gasteiger partial charge in [0.05, 0.1) is 6.61 Å². The first-order valence-corrected chi connectivity index (χ1v) is 7.07. The lowest BCUT2D eigenvalue weighted by Gasteiger charge is -2.28. The average Bonchev–Trinajstić information content (AvgIpc) is 2.94. The number of amides is 2. The number of methoxy groups -OCH3 is 1. The number of carbonyl (C=O) groups excluding carboxylic acids is 1. The molecule has 6 heteroatoms. The van der Waals surface area contributed by atoms with E-state index in [4.69, 9.17) is 15.2 Å². The van der Waals surface area contributed by atoms with Crippen molar-refractivity contribution in [1.82, 2.24) is 5.32 Å². The molecule has 1 fully saturated rings. The van der Waals surface area contributed by atoms with Crippen LogP contribution in [0.25, 0.3) is 0 Å². The molecule has 0 aromatic heterocycles. The van der Waals surface area contributed by atoms with Gasteiger partial charge in [-0.15, -0.1) is 0 Å². The van der Waals surface area contributed by atoms with Crippen molar-refractivity contribution < 1.29 is 14.3 Å². The highest BCUT2D eigenvalue weighted by Crippen LogP contribution is 2.23. The lowest BCUT2D eigenvalue weighted by atomic mass is 10.0. The van der Waals surface area contributed by atoms with Gasteiger partial charge >= 0.3 is 6.03 Å². The average molecular weight is 293 g/mol. The van der Waals surface area contributed by atoms with Crippen LogP contribution in [0, 0.1) is 0 Å². The van der Waals surface area contributed by atoms with Gasteiger partial charge in [0.15, 0.2) is 0 Å². The molecular weight excluding hydrogens is 270 g/mol. The fourth-order valence-electron chi connectivity index (χ4n) is 2.42. The van der Waals surface area contributed by atoms with E-state index < -0.39 is 6.03 Å². The Bertz CT molecular complexity index is 470. The molecule has 1 saturated heterocycles. The third-order valence-corrected chi connectivity index (χ3v) is 3.91. The Morgan fingerprint density at radius 2 is 2.19 bits per heavy atom. The first kappa shape index (κ1) is 15.8. The number of ether oxygens (including phenoxy) is 2. The van der Waals surface area contributed by atoms with Crippen LogP contribution in [0.15, 0.2) is 24.3 Å². The molecule has 0 aliphatic carbocycles. The molecule has 2 rings (SSSR count). The second-order valence-corrected chi connectivity index (χ2v) is 5.40. The molecule has 21 heavy (non-hydrogen) atoms. The molecule has 0 radical (unpaired) electrons. The zero-order valence-corrected chi connectivity index (χ0v) is 12.5. The Labute approximate surface area is 125 Å². The number of hydrogen-bond donors (Lipinski definition) is 3. The van der Waals surface area contributed by atoms with Crippen molar-refractivity contribution in [3.8, 4) is 0 Å². The smallest absolute Gasteiger partial charge is 0.316 e. The van der Waals surface area contributed by atoms with E-state index in [1.54, 1.807) is 7.11 Å². The van der Waals surface area contributed by atoms with Crippen molar-refractivity contribution in [2.75, 3.05) is 32.2 Å². The van der Waals surface area contributed by atoms with Crippen LogP contribution in [0.5, 0.6) is 0 Å². The summed E-state index contributed by atoms with van der Waals surface area (Å²) < 4.78 is 11.0. The van der Waals surface area contributed by atoms with Crippen molar-refractivity contribution in [1.29, 1.82) is 0 Å². The molecule has 2 atom stereocenters. The third-order valence-electron chi connectivity index (χ3n) is 3.91. The van der Waals surface area contributed by atoms with Crippen LogP contribution >= 0.6 is 0 Å². The summed E-state index contributed by atoms with van der Waals surface area (Å²) in [5.74, 6) is 0. The summed E-state index contributed by atoms with van der Waals surface area (Å²) in [6.45, 7) is 4.21. The van der Waals surface area contributed by atoms with Gasteiger partial charge in [-0.25, -0.2) is 4.79 Å². The second kappa shape index (κ2) is 6.89. The molecule has 1 aromatic rings. The minimum atomic E-state index is -0.558. The van der Waals surface area contributed by atoms with Crippen LogP contribution in [-0.2, 0) is 9.47 Å². The Morgan fingerprint density at radius 1 is 1.48 bits per heavy atom. The van der Waals surface area contributed by atoms with E-state index in [1.165, 1.54) is 0 Å². The predicted molar refractivity (Wildman–Crippen MR) is 81.2 cm³/mol. The van der Waals surface area contributed by atoms with E-state index in [0.717, 1.165) is 25.1 Å². The second-order valence-electron chi connectivity index (χ2n) is 5.40. The van der Waals surface area contributed by atoms with Gasteiger partial charge in [0.25, 0.3) is 0 Å². The molecule has 6 nitrogen and oxygen atoms in total. The van der Waals surface area contributed by atoms with Gasteiger partial charge < -0.3 is 25.8 Å². The molecule has 1 aromatic carbocycles. The Kier molecular flexibility index (Phi) is 5.17. The molecule has 0 bridgehead atoms. The molecule has 0 saturated carbocycles. The number of urea groups is 1. The van der Waals surface area contributed by atoms with Gasteiger partial charge in [0.1, 0.15) is 5.60 Å². The van der Waals surface area contributed by atoms with Gasteiger partial charge in [-0.3, -0.25) is 0 Å². The maximum absolute atomic E-state index is 10.8. The van der Waals surface area contributed by atoms with E-state index in [1.807, 2.05) is 24.3 Å². The standard InChI is InChI=1S/C15H23N3O3/c1-11(17-9-15(20-2)7-8-21-10-15)12-3-5-13(6-4-12)18-14(16)19/h3-6,11,17H,7-10H2,1-2H3,(H3,16,18,19). The van der Waals surface area contributed by atoms with E-state index in [0.29, 0.717) is 12.3 Å². The van der Waals surface area contributed by atoms with Crippen LogP contribution in [0.4, 0.5) is 10.5 Å². The Hall–Kier alpha value is -1.63. The molecule has 1 heterocycles. The zero-order chi connectivity index (χ0) is 15.3. The van der Waals surface area contributed by atoms with Crippen molar-refractivity contribution >= 4 is 11.7 Å². The predicted octanol–water partition coefficient (Wildman–Crippen LogP) is 1.63. The minimum Gasteiger partial charge on any atom is -0.378 e. The van der Waals surface area contributed by atoms with Crippen LogP contribution in [0.2, 0.25) is 0 Å². The van der Waals surface area contributed by atoms with Crippen LogP contribution in [-0.4, -0.2) is 38.5 Å². The van der Waals surface area contributed by atoms with Crippen LogP contribution < -0.4 is 16.4 Å². The normalized spacial score (nSPS) is 23.0. The molecule has 2 amide bonds. The molecule has 1 aliphatic rings. The monoisotopic (exact) mass is 293 g/mol. The summed E-state index contributed by atoms with van der Waals surface area (Å²) in [7, 11) is 1.73.